The van der Waals surface area contributed by atoms with Crippen molar-refractivity contribution < 1.29 is 19.8 Å². The van der Waals surface area contributed by atoms with Gasteiger partial charge in [0.25, 0.3) is 0 Å². The normalized spacial score (nSPS) is 13.2. The number of aliphatic carboxylic acids is 2. The smallest absolute Gasteiger partial charge is 0.321 e. The van der Waals surface area contributed by atoms with Gasteiger partial charge in [0, 0.05) is 31.3 Å². The number of aromatic nitrogens is 2. The van der Waals surface area contributed by atoms with Crippen LogP contribution in [0.3, 0.4) is 0 Å². The molecule has 2 rings (SSSR count). The number of aryl methyl sites for hydroxylation is 2. The fourth-order valence-corrected chi connectivity index (χ4v) is 3.03. The predicted molar refractivity (Wildman–Crippen MR) is 106 cm³/mol. The molecular weight excluding hydrogens is 358 g/mol. The van der Waals surface area contributed by atoms with Gasteiger partial charge >= 0.3 is 11.9 Å². The number of nitrogens with one attached hydrogen (secondary N) is 1. The molecule has 152 valence electrons. The zero-order valence-corrected chi connectivity index (χ0v) is 16.7. The SMILES string of the molecule is Cc1ccc(Cn2cncc2CC(NCC(C)CCC(=O)O)C(=O)O)cc1C. The van der Waals surface area contributed by atoms with Crippen molar-refractivity contribution in [1.82, 2.24) is 14.9 Å². The predicted octanol–water partition coefficient (Wildman–Crippen LogP) is 2.63. The summed E-state index contributed by atoms with van der Waals surface area (Å²) in [6.45, 7) is 7.15. The van der Waals surface area contributed by atoms with Crippen LogP contribution in [0.5, 0.6) is 0 Å². The van der Waals surface area contributed by atoms with E-state index in [0.29, 0.717) is 25.9 Å². The number of benzene rings is 1. The average molecular weight is 387 g/mol. The Morgan fingerprint density at radius 2 is 1.96 bits per heavy atom. The summed E-state index contributed by atoms with van der Waals surface area (Å²) in [6, 6.07) is 5.54. The van der Waals surface area contributed by atoms with Crippen molar-refractivity contribution in [2.45, 2.75) is 52.6 Å². The first kappa shape index (κ1) is 21.6. The third-order valence-electron chi connectivity index (χ3n) is 5.00. The largest absolute Gasteiger partial charge is 0.481 e. The Labute approximate surface area is 165 Å². The van der Waals surface area contributed by atoms with Crippen LogP contribution in [0.4, 0.5) is 0 Å². The van der Waals surface area contributed by atoms with Crippen molar-refractivity contribution in [3.63, 3.8) is 0 Å². The summed E-state index contributed by atoms with van der Waals surface area (Å²) in [7, 11) is 0. The minimum atomic E-state index is -0.927. The molecule has 1 aromatic carbocycles. The summed E-state index contributed by atoms with van der Waals surface area (Å²) < 4.78 is 1.97. The van der Waals surface area contributed by atoms with Crippen LogP contribution in [-0.4, -0.2) is 44.3 Å². The summed E-state index contributed by atoms with van der Waals surface area (Å²) >= 11 is 0. The summed E-state index contributed by atoms with van der Waals surface area (Å²) in [5.74, 6) is -1.68. The third kappa shape index (κ3) is 6.49. The summed E-state index contributed by atoms with van der Waals surface area (Å²) in [5.41, 5.74) is 4.45. The van der Waals surface area contributed by atoms with Gasteiger partial charge in [0.15, 0.2) is 0 Å². The van der Waals surface area contributed by atoms with Crippen molar-refractivity contribution in [3.8, 4) is 0 Å². The fraction of sp³-hybridized carbons (Fsp3) is 0.476. The van der Waals surface area contributed by atoms with Crippen molar-refractivity contribution in [1.29, 1.82) is 0 Å². The molecule has 2 atom stereocenters. The van der Waals surface area contributed by atoms with Gasteiger partial charge < -0.3 is 20.1 Å². The van der Waals surface area contributed by atoms with E-state index in [1.165, 1.54) is 11.1 Å². The summed E-state index contributed by atoms with van der Waals surface area (Å²) in [4.78, 5) is 26.5. The van der Waals surface area contributed by atoms with Crippen LogP contribution in [0.25, 0.3) is 0 Å². The zero-order valence-electron chi connectivity index (χ0n) is 16.7. The topological polar surface area (TPSA) is 104 Å². The highest BCUT2D eigenvalue weighted by molar-refractivity contribution is 5.73. The van der Waals surface area contributed by atoms with E-state index >= 15 is 0 Å². The van der Waals surface area contributed by atoms with Gasteiger partial charge in [-0.05, 0) is 49.4 Å². The zero-order chi connectivity index (χ0) is 20.7. The van der Waals surface area contributed by atoms with Crippen LogP contribution >= 0.6 is 0 Å². The van der Waals surface area contributed by atoms with Gasteiger partial charge in [0.05, 0.1) is 6.33 Å². The van der Waals surface area contributed by atoms with Crippen molar-refractivity contribution in [2.75, 3.05) is 6.54 Å². The first-order chi connectivity index (χ1) is 13.3. The minimum absolute atomic E-state index is 0.0818. The fourth-order valence-electron chi connectivity index (χ4n) is 3.03. The number of hydrogen-bond acceptors (Lipinski definition) is 4. The third-order valence-corrected chi connectivity index (χ3v) is 5.00. The Balaban J connectivity index is 2.00. The van der Waals surface area contributed by atoms with Gasteiger partial charge in [0.1, 0.15) is 6.04 Å². The molecule has 1 aromatic heterocycles. The van der Waals surface area contributed by atoms with Crippen LogP contribution in [0.1, 0.15) is 42.1 Å². The van der Waals surface area contributed by atoms with E-state index < -0.39 is 18.0 Å². The van der Waals surface area contributed by atoms with Crippen LogP contribution in [0, 0.1) is 19.8 Å². The molecule has 7 heteroatoms. The molecule has 0 amide bonds. The molecule has 2 aromatic rings. The summed E-state index contributed by atoms with van der Waals surface area (Å²) in [6.07, 6.45) is 4.33. The molecule has 7 nitrogen and oxygen atoms in total. The first-order valence-corrected chi connectivity index (χ1v) is 9.49. The number of carboxylic acids is 2. The maximum atomic E-state index is 11.7. The molecule has 1 heterocycles. The molecule has 2 unspecified atom stereocenters. The first-order valence-electron chi connectivity index (χ1n) is 9.49. The number of imidazole rings is 1. The lowest BCUT2D eigenvalue weighted by atomic mass is 10.0. The number of carboxylic acid groups (broad SMARTS) is 2. The van der Waals surface area contributed by atoms with E-state index in [0.717, 1.165) is 11.3 Å². The Bertz CT molecular complexity index is 816. The quantitative estimate of drug-likeness (QED) is 0.547. The maximum Gasteiger partial charge on any atom is 0.321 e. The van der Waals surface area contributed by atoms with E-state index in [2.05, 4.69) is 42.3 Å². The Morgan fingerprint density at radius 1 is 1.21 bits per heavy atom. The van der Waals surface area contributed by atoms with E-state index in [-0.39, 0.29) is 12.3 Å². The highest BCUT2D eigenvalue weighted by Crippen LogP contribution is 2.13. The van der Waals surface area contributed by atoms with Gasteiger partial charge in [-0.1, -0.05) is 25.1 Å². The second-order valence-electron chi connectivity index (χ2n) is 7.47. The van der Waals surface area contributed by atoms with Crippen molar-refractivity contribution in [2.24, 2.45) is 5.92 Å². The minimum Gasteiger partial charge on any atom is -0.481 e. The molecule has 0 bridgehead atoms. The molecule has 0 aliphatic carbocycles. The van der Waals surface area contributed by atoms with Crippen molar-refractivity contribution in [3.05, 3.63) is 53.1 Å². The number of hydrogen-bond donors (Lipinski definition) is 3. The molecule has 3 N–H and O–H groups in total. The standard InChI is InChI=1S/C21H29N3O4/c1-14(4-7-20(25)26)10-23-19(21(27)28)9-18-11-22-13-24(18)12-17-6-5-15(2)16(3)8-17/h5-6,8,11,13-14,19,23H,4,7,9-10,12H2,1-3H3,(H,25,26)(H,27,28). The van der Waals surface area contributed by atoms with Crippen LogP contribution in [0.15, 0.2) is 30.7 Å². The lowest BCUT2D eigenvalue weighted by molar-refractivity contribution is -0.140. The lowest BCUT2D eigenvalue weighted by Crippen LogP contribution is -2.41. The molecule has 0 radical (unpaired) electrons. The van der Waals surface area contributed by atoms with Gasteiger partial charge in [-0.2, -0.15) is 0 Å². The number of nitrogens with zero attached hydrogens (tertiary/aromatic N) is 2. The van der Waals surface area contributed by atoms with E-state index in [1.807, 2.05) is 11.5 Å². The Morgan fingerprint density at radius 3 is 2.61 bits per heavy atom. The van der Waals surface area contributed by atoms with Gasteiger partial charge in [-0.3, -0.25) is 9.59 Å². The van der Waals surface area contributed by atoms with Gasteiger partial charge in [-0.25, -0.2) is 4.98 Å². The van der Waals surface area contributed by atoms with Crippen LogP contribution < -0.4 is 5.32 Å². The molecule has 0 saturated carbocycles. The highest BCUT2D eigenvalue weighted by atomic mass is 16.4. The molecule has 0 fully saturated rings. The number of rotatable bonds is 11. The number of carbonyl (C=O) groups is 2. The lowest BCUT2D eigenvalue weighted by Gasteiger charge is -2.18. The second-order valence-corrected chi connectivity index (χ2v) is 7.47. The molecule has 0 spiro atoms. The molecule has 0 aliphatic rings. The molecule has 0 aliphatic heterocycles. The average Bonchev–Trinajstić information content (AvgIpc) is 3.06. The van der Waals surface area contributed by atoms with Gasteiger partial charge in [-0.15, -0.1) is 0 Å². The van der Waals surface area contributed by atoms with Crippen LogP contribution in [-0.2, 0) is 22.6 Å². The van der Waals surface area contributed by atoms with Crippen molar-refractivity contribution >= 4 is 11.9 Å². The summed E-state index contributed by atoms with van der Waals surface area (Å²) in [5, 5.41) is 21.4. The molecule has 0 saturated heterocycles. The molecule has 28 heavy (non-hydrogen) atoms. The highest BCUT2D eigenvalue weighted by Gasteiger charge is 2.20. The van der Waals surface area contributed by atoms with E-state index in [1.54, 1.807) is 12.5 Å². The second kappa shape index (κ2) is 10.0. The Hall–Kier alpha value is -2.67. The van der Waals surface area contributed by atoms with Gasteiger partial charge in [0.2, 0.25) is 0 Å². The van der Waals surface area contributed by atoms with E-state index in [4.69, 9.17) is 5.11 Å². The molecular formula is C21H29N3O4. The monoisotopic (exact) mass is 387 g/mol. The Kier molecular flexibility index (Phi) is 7.75. The van der Waals surface area contributed by atoms with E-state index in [9.17, 15) is 14.7 Å². The maximum absolute atomic E-state index is 11.7. The van der Waals surface area contributed by atoms with Crippen LogP contribution in [0.2, 0.25) is 0 Å².